The van der Waals surface area contributed by atoms with Crippen LogP contribution in [0, 0.1) is 0 Å². The van der Waals surface area contributed by atoms with E-state index in [0.717, 1.165) is 31.6 Å². The fourth-order valence-electron chi connectivity index (χ4n) is 3.56. The van der Waals surface area contributed by atoms with Crippen LogP contribution in [-0.2, 0) is 14.8 Å². The number of carbonyl (C=O) groups is 1. The third-order valence-electron chi connectivity index (χ3n) is 5.13. The Bertz CT molecular complexity index is 1020. The van der Waals surface area contributed by atoms with E-state index in [2.05, 4.69) is 10.0 Å². The van der Waals surface area contributed by atoms with Crippen LogP contribution in [0.1, 0.15) is 19.8 Å². The monoisotopic (exact) mass is 431 g/mol. The molecular weight excluding hydrogens is 406 g/mol. The molecule has 0 aliphatic carbocycles. The quantitative estimate of drug-likeness (QED) is 0.730. The summed E-state index contributed by atoms with van der Waals surface area (Å²) < 4.78 is 38.9. The second-order valence-electron chi connectivity index (χ2n) is 7.39. The van der Waals surface area contributed by atoms with Crippen LogP contribution in [0.2, 0.25) is 0 Å². The van der Waals surface area contributed by atoms with E-state index in [9.17, 15) is 13.2 Å². The maximum Gasteiger partial charge on any atom is 0.262 e. The minimum absolute atomic E-state index is 0.0795. The van der Waals surface area contributed by atoms with E-state index in [1.807, 2.05) is 11.8 Å². The third-order valence-corrected chi connectivity index (χ3v) is 6.51. The first-order valence-corrected chi connectivity index (χ1v) is 11.5. The number of benzene rings is 2. The molecule has 0 bridgehead atoms. The van der Waals surface area contributed by atoms with E-state index >= 15 is 0 Å². The number of sulfonamides is 1. The lowest BCUT2D eigenvalue weighted by Gasteiger charge is -2.22. The van der Waals surface area contributed by atoms with Crippen molar-refractivity contribution in [3.8, 4) is 11.5 Å². The van der Waals surface area contributed by atoms with Crippen molar-refractivity contribution < 1.29 is 22.7 Å². The molecule has 0 spiro atoms. The van der Waals surface area contributed by atoms with Gasteiger partial charge in [0.2, 0.25) is 5.91 Å². The Morgan fingerprint density at radius 3 is 2.30 bits per heavy atom. The minimum atomic E-state index is -3.77. The first-order valence-electron chi connectivity index (χ1n) is 10.0. The van der Waals surface area contributed by atoms with Crippen molar-refractivity contribution in [3.05, 3.63) is 42.5 Å². The summed E-state index contributed by atoms with van der Waals surface area (Å²) in [5, 5.41) is 3.18. The highest BCUT2D eigenvalue weighted by Crippen LogP contribution is 2.32. The number of anilines is 2. The molecule has 1 saturated heterocycles. The maximum absolute atomic E-state index is 12.7. The Kier molecular flexibility index (Phi) is 5.72. The maximum atomic E-state index is 12.7. The topological polar surface area (TPSA) is 97.0 Å². The highest BCUT2D eigenvalue weighted by Gasteiger charge is 2.23. The molecular formula is C21H25N3O5S. The van der Waals surface area contributed by atoms with Crippen LogP contribution in [0.5, 0.6) is 11.5 Å². The van der Waals surface area contributed by atoms with Gasteiger partial charge in [-0.2, -0.15) is 0 Å². The van der Waals surface area contributed by atoms with E-state index in [1.165, 1.54) is 12.1 Å². The van der Waals surface area contributed by atoms with E-state index < -0.39 is 10.0 Å². The molecule has 1 amide bonds. The molecule has 2 heterocycles. The van der Waals surface area contributed by atoms with Crippen molar-refractivity contribution in [1.29, 1.82) is 0 Å². The van der Waals surface area contributed by atoms with Crippen LogP contribution in [0.25, 0.3) is 0 Å². The van der Waals surface area contributed by atoms with Crippen LogP contribution >= 0.6 is 0 Å². The molecule has 0 unspecified atom stereocenters. The first kappa shape index (κ1) is 20.3. The van der Waals surface area contributed by atoms with Gasteiger partial charge in [-0.05, 0) is 56.2 Å². The van der Waals surface area contributed by atoms with Gasteiger partial charge >= 0.3 is 0 Å². The van der Waals surface area contributed by atoms with Crippen LogP contribution < -0.4 is 19.5 Å². The zero-order chi connectivity index (χ0) is 21.1. The Hall–Kier alpha value is -2.94. The van der Waals surface area contributed by atoms with Crippen LogP contribution in [0.3, 0.4) is 0 Å². The third kappa shape index (κ3) is 4.46. The lowest BCUT2D eigenvalue weighted by Crippen LogP contribution is -2.39. The largest absolute Gasteiger partial charge is 0.486 e. The Labute approximate surface area is 176 Å². The molecule has 2 N–H and O–H groups in total. The summed E-state index contributed by atoms with van der Waals surface area (Å²) in [4.78, 5) is 14.4. The van der Waals surface area contributed by atoms with E-state index in [1.54, 1.807) is 30.3 Å². The van der Waals surface area contributed by atoms with Gasteiger partial charge in [0.25, 0.3) is 10.0 Å². The van der Waals surface area contributed by atoms with Crippen molar-refractivity contribution in [2.45, 2.75) is 30.7 Å². The number of fused-ring (bicyclic) bond motifs is 1. The van der Waals surface area contributed by atoms with Gasteiger partial charge in [-0.1, -0.05) is 0 Å². The molecule has 160 valence electrons. The van der Waals surface area contributed by atoms with Gasteiger partial charge in [0.15, 0.2) is 11.5 Å². The number of hydrogen-bond donors (Lipinski definition) is 2. The first-order chi connectivity index (χ1) is 14.4. The number of nitrogens with zero attached hydrogens (tertiary/aromatic N) is 1. The molecule has 2 aromatic rings. The number of likely N-dealkylation sites (tertiary alicyclic amines) is 1. The average molecular weight is 432 g/mol. The van der Waals surface area contributed by atoms with Gasteiger partial charge in [-0.25, -0.2) is 8.42 Å². The molecule has 0 aromatic heterocycles. The highest BCUT2D eigenvalue weighted by molar-refractivity contribution is 7.92. The van der Waals surface area contributed by atoms with Crippen LogP contribution in [0.4, 0.5) is 11.4 Å². The van der Waals surface area contributed by atoms with Gasteiger partial charge in [0.1, 0.15) is 19.3 Å². The summed E-state index contributed by atoms with van der Waals surface area (Å²) in [7, 11) is -3.77. The Morgan fingerprint density at radius 2 is 1.60 bits per heavy atom. The van der Waals surface area contributed by atoms with Crippen molar-refractivity contribution in [1.82, 2.24) is 4.90 Å². The Balaban J connectivity index is 1.40. The summed E-state index contributed by atoms with van der Waals surface area (Å²) in [6.07, 6.45) is 2.10. The van der Waals surface area contributed by atoms with E-state index in [4.69, 9.17) is 9.47 Å². The van der Waals surface area contributed by atoms with Gasteiger partial charge in [0, 0.05) is 30.5 Å². The predicted octanol–water partition coefficient (Wildman–Crippen LogP) is 2.68. The summed E-state index contributed by atoms with van der Waals surface area (Å²) in [5.41, 5.74) is 1.17. The van der Waals surface area contributed by atoms with Crippen molar-refractivity contribution in [2.24, 2.45) is 0 Å². The fourth-order valence-corrected chi connectivity index (χ4v) is 4.64. The summed E-state index contributed by atoms with van der Waals surface area (Å²) in [6.45, 7) is 4.28. The molecule has 2 aromatic carbocycles. The molecule has 30 heavy (non-hydrogen) atoms. The van der Waals surface area contributed by atoms with Gasteiger partial charge in [-0.3, -0.25) is 9.52 Å². The fraction of sp³-hybridized carbons (Fsp3) is 0.381. The normalized spacial score (nSPS) is 16.8. The highest BCUT2D eigenvalue weighted by atomic mass is 32.2. The molecule has 1 atom stereocenters. The average Bonchev–Trinajstić information content (AvgIpc) is 3.29. The molecule has 2 aliphatic heterocycles. The number of ether oxygens (including phenoxy) is 2. The number of amides is 1. The molecule has 8 nitrogen and oxygen atoms in total. The molecule has 0 radical (unpaired) electrons. The number of carbonyl (C=O) groups excluding carboxylic acids is 1. The summed E-state index contributed by atoms with van der Waals surface area (Å²) in [5.74, 6) is 1.03. The van der Waals surface area contributed by atoms with Gasteiger partial charge in [-0.15, -0.1) is 0 Å². The lowest BCUT2D eigenvalue weighted by atomic mass is 10.2. The second-order valence-corrected chi connectivity index (χ2v) is 9.07. The zero-order valence-corrected chi connectivity index (χ0v) is 17.6. The molecule has 1 fully saturated rings. The molecule has 9 heteroatoms. The summed E-state index contributed by atoms with van der Waals surface area (Å²) >= 11 is 0. The molecule has 2 aliphatic rings. The zero-order valence-electron chi connectivity index (χ0n) is 16.8. The Morgan fingerprint density at radius 1 is 0.967 bits per heavy atom. The smallest absolute Gasteiger partial charge is 0.262 e. The number of hydrogen-bond acceptors (Lipinski definition) is 6. The van der Waals surface area contributed by atoms with E-state index in [-0.39, 0.29) is 16.8 Å². The van der Waals surface area contributed by atoms with E-state index in [0.29, 0.717) is 30.4 Å². The van der Waals surface area contributed by atoms with Gasteiger partial charge in [0.05, 0.1) is 4.90 Å². The summed E-state index contributed by atoms with van der Waals surface area (Å²) in [6, 6.07) is 11.0. The number of rotatable bonds is 6. The van der Waals surface area contributed by atoms with Crippen molar-refractivity contribution in [3.63, 3.8) is 0 Å². The number of nitrogens with one attached hydrogen (secondary N) is 2. The van der Waals surface area contributed by atoms with Crippen molar-refractivity contribution >= 4 is 27.3 Å². The molecule has 0 saturated carbocycles. The minimum Gasteiger partial charge on any atom is -0.486 e. The molecule has 4 rings (SSSR count). The van der Waals surface area contributed by atoms with Crippen LogP contribution in [0.15, 0.2) is 47.4 Å². The second kappa shape index (κ2) is 8.43. The predicted molar refractivity (Wildman–Crippen MR) is 114 cm³/mol. The lowest BCUT2D eigenvalue weighted by molar-refractivity contribution is -0.130. The van der Waals surface area contributed by atoms with Gasteiger partial charge < -0.3 is 19.7 Å². The SMILES string of the molecule is C[C@H](Nc1ccc(NS(=O)(=O)c2ccc3c(c2)OCCO3)cc1)C(=O)N1CCCC1. The van der Waals surface area contributed by atoms with Crippen molar-refractivity contribution in [2.75, 3.05) is 36.3 Å². The standard InChI is InChI=1S/C21H25N3O5S/c1-15(21(25)24-10-2-3-11-24)22-16-4-6-17(7-5-16)23-30(26,27)18-8-9-19-20(14-18)29-13-12-28-19/h4-9,14-15,22-23H,2-3,10-13H2,1H3/t15-/m0/s1. The van der Waals surface area contributed by atoms with Crippen LogP contribution in [-0.4, -0.2) is 51.6 Å².